The zero-order chi connectivity index (χ0) is 36.3. The Morgan fingerprint density at radius 2 is 1.06 bits per heavy atom. The van der Waals surface area contributed by atoms with Gasteiger partial charge in [-0.2, -0.15) is 0 Å². The number of carbonyl (C=O) groups is 2. The van der Waals surface area contributed by atoms with Crippen LogP contribution in [0.2, 0.25) is 0 Å². The summed E-state index contributed by atoms with van der Waals surface area (Å²) in [5.41, 5.74) is 0. The Morgan fingerprint density at radius 1 is 0.612 bits per heavy atom. The van der Waals surface area contributed by atoms with Gasteiger partial charge in [-0.3, -0.25) is 18.6 Å². The molecule has 10 nitrogen and oxygen atoms in total. The minimum absolute atomic E-state index is 0.181. The molecular formula is C38H71O10P. The number of rotatable bonds is 36. The van der Waals surface area contributed by atoms with Gasteiger partial charge in [0.1, 0.15) is 12.7 Å². The Hall–Kier alpha value is -1.55. The smallest absolute Gasteiger partial charge is 0.462 e. The molecule has 0 rings (SSSR count). The van der Waals surface area contributed by atoms with Gasteiger partial charge in [0, 0.05) is 12.8 Å². The average molecular weight is 719 g/mol. The molecule has 0 aromatic carbocycles. The monoisotopic (exact) mass is 718 g/mol. The number of phosphoric ester groups is 1. The molecule has 0 radical (unpaired) electrons. The van der Waals surface area contributed by atoms with E-state index in [0.717, 1.165) is 57.8 Å². The summed E-state index contributed by atoms with van der Waals surface area (Å²) in [6.07, 6.45) is 32.0. The summed E-state index contributed by atoms with van der Waals surface area (Å²) in [5, 5.41) is 18.2. The van der Waals surface area contributed by atoms with E-state index < -0.39 is 51.8 Å². The molecule has 0 spiro atoms. The fourth-order valence-corrected chi connectivity index (χ4v) is 5.87. The maximum atomic E-state index is 12.5. The molecule has 3 N–H and O–H groups in total. The first kappa shape index (κ1) is 47.4. The van der Waals surface area contributed by atoms with Crippen molar-refractivity contribution in [2.45, 2.75) is 180 Å². The number of phosphoric acid groups is 1. The molecular weight excluding hydrogens is 647 g/mol. The highest BCUT2D eigenvalue weighted by atomic mass is 31.2. The van der Waals surface area contributed by atoms with Crippen LogP contribution in [0.25, 0.3) is 0 Å². The van der Waals surface area contributed by atoms with Crippen molar-refractivity contribution < 1.29 is 47.8 Å². The Morgan fingerprint density at radius 3 is 1.57 bits per heavy atom. The highest BCUT2D eigenvalue weighted by Gasteiger charge is 2.27. The molecule has 0 fully saturated rings. The second kappa shape index (κ2) is 34.9. The minimum Gasteiger partial charge on any atom is -0.462 e. The average Bonchev–Trinajstić information content (AvgIpc) is 3.09. The molecule has 0 amide bonds. The number of allylic oxidation sites excluding steroid dienone is 4. The van der Waals surface area contributed by atoms with E-state index in [4.69, 9.17) is 19.1 Å². The normalized spacial score (nSPS) is 14.3. The molecule has 0 heterocycles. The summed E-state index contributed by atoms with van der Waals surface area (Å²) in [7, 11) is -4.60. The Balaban J connectivity index is 4.14. The van der Waals surface area contributed by atoms with Crippen molar-refractivity contribution in [2.24, 2.45) is 0 Å². The first-order valence-electron chi connectivity index (χ1n) is 19.3. The van der Waals surface area contributed by atoms with Gasteiger partial charge in [0.25, 0.3) is 0 Å². The van der Waals surface area contributed by atoms with Crippen LogP contribution in [0.5, 0.6) is 0 Å². The van der Waals surface area contributed by atoms with Crippen LogP contribution in [0, 0.1) is 0 Å². The standard InChI is InChI=1S/C38H71O10P/c1-3-5-7-9-10-11-12-13-14-15-16-17-18-19-20-21-22-23-24-26-28-30-38(42)48-36(33-45-37(41)29-27-25-8-6-4-2)34-47-49(43,44)46-32-35(40)31-39/h12-13,15-16,35-36,39-40H,3-11,14,17-34H2,1-2H3,(H,43,44)/b13-12-,16-15-. The highest BCUT2D eigenvalue weighted by molar-refractivity contribution is 7.47. The summed E-state index contributed by atoms with van der Waals surface area (Å²) in [6.45, 7) is 2.25. The summed E-state index contributed by atoms with van der Waals surface area (Å²) < 4.78 is 32.4. The third kappa shape index (κ3) is 34.7. The fraction of sp³-hybridized carbons (Fsp3) is 0.842. The number of esters is 2. The van der Waals surface area contributed by atoms with E-state index in [2.05, 4.69) is 42.7 Å². The SMILES string of the molecule is CCCCCCC/C=C\C/C=C\CCCCCCCCCCCC(=O)OC(COC(=O)CCCCCCC)COP(=O)(O)OCC(O)CO. The number of aliphatic hydroxyl groups excluding tert-OH is 2. The Labute approximate surface area is 298 Å². The zero-order valence-corrected chi connectivity index (χ0v) is 31.8. The molecule has 3 unspecified atom stereocenters. The van der Waals surface area contributed by atoms with Gasteiger partial charge in [-0.15, -0.1) is 0 Å². The molecule has 0 bridgehead atoms. The fourth-order valence-electron chi connectivity index (χ4n) is 5.08. The highest BCUT2D eigenvalue weighted by Crippen LogP contribution is 2.43. The lowest BCUT2D eigenvalue weighted by atomic mass is 10.1. The topological polar surface area (TPSA) is 149 Å². The van der Waals surface area contributed by atoms with Gasteiger partial charge < -0.3 is 24.6 Å². The predicted octanol–water partition coefficient (Wildman–Crippen LogP) is 9.44. The lowest BCUT2D eigenvalue weighted by molar-refractivity contribution is -0.161. The lowest BCUT2D eigenvalue weighted by Crippen LogP contribution is -2.29. The number of hydrogen-bond donors (Lipinski definition) is 3. The van der Waals surface area contributed by atoms with Crippen LogP contribution in [-0.2, 0) is 32.7 Å². The third-order valence-electron chi connectivity index (χ3n) is 8.11. The summed E-state index contributed by atoms with van der Waals surface area (Å²) in [6, 6.07) is 0. The summed E-state index contributed by atoms with van der Waals surface area (Å²) in [5.74, 6) is -0.942. The van der Waals surface area contributed by atoms with Crippen LogP contribution in [-0.4, -0.2) is 65.7 Å². The molecule has 3 atom stereocenters. The van der Waals surface area contributed by atoms with Crippen LogP contribution in [0.15, 0.2) is 24.3 Å². The number of ether oxygens (including phenoxy) is 2. The van der Waals surface area contributed by atoms with Crippen molar-refractivity contribution in [2.75, 3.05) is 26.4 Å². The molecule has 0 saturated heterocycles. The van der Waals surface area contributed by atoms with Crippen molar-refractivity contribution >= 4 is 19.8 Å². The molecule has 288 valence electrons. The van der Waals surface area contributed by atoms with E-state index >= 15 is 0 Å². The van der Waals surface area contributed by atoms with Crippen molar-refractivity contribution in [3.8, 4) is 0 Å². The number of aliphatic hydroxyl groups is 2. The first-order valence-corrected chi connectivity index (χ1v) is 20.8. The summed E-state index contributed by atoms with van der Waals surface area (Å²) >= 11 is 0. The van der Waals surface area contributed by atoms with E-state index in [1.165, 1.54) is 70.6 Å². The van der Waals surface area contributed by atoms with Crippen LogP contribution in [0.4, 0.5) is 0 Å². The van der Waals surface area contributed by atoms with Gasteiger partial charge in [-0.05, 0) is 44.9 Å². The Kier molecular flexibility index (Phi) is 33.8. The summed E-state index contributed by atoms with van der Waals surface area (Å²) in [4.78, 5) is 34.5. The molecule has 49 heavy (non-hydrogen) atoms. The maximum absolute atomic E-state index is 12.5. The van der Waals surface area contributed by atoms with Gasteiger partial charge in [-0.1, -0.05) is 134 Å². The van der Waals surface area contributed by atoms with Crippen LogP contribution < -0.4 is 0 Å². The van der Waals surface area contributed by atoms with Crippen molar-refractivity contribution in [3.63, 3.8) is 0 Å². The third-order valence-corrected chi connectivity index (χ3v) is 9.06. The number of hydrogen-bond acceptors (Lipinski definition) is 9. The zero-order valence-electron chi connectivity index (χ0n) is 30.9. The van der Waals surface area contributed by atoms with Crippen molar-refractivity contribution in [3.05, 3.63) is 24.3 Å². The molecule has 0 aliphatic heterocycles. The van der Waals surface area contributed by atoms with Gasteiger partial charge in [0.15, 0.2) is 6.10 Å². The van der Waals surface area contributed by atoms with E-state index in [1.807, 2.05) is 0 Å². The largest absolute Gasteiger partial charge is 0.472 e. The van der Waals surface area contributed by atoms with E-state index in [9.17, 15) is 24.2 Å². The quantitative estimate of drug-likeness (QED) is 0.0248. The van der Waals surface area contributed by atoms with E-state index in [-0.39, 0.29) is 19.4 Å². The van der Waals surface area contributed by atoms with Gasteiger partial charge >= 0.3 is 19.8 Å². The predicted molar refractivity (Wildman–Crippen MR) is 196 cm³/mol. The van der Waals surface area contributed by atoms with Crippen LogP contribution >= 0.6 is 7.82 Å². The lowest BCUT2D eigenvalue weighted by Gasteiger charge is -2.20. The van der Waals surface area contributed by atoms with Crippen molar-refractivity contribution in [1.29, 1.82) is 0 Å². The Bertz CT molecular complexity index is 879. The van der Waals surface area contributed by atoms with Gasteiger partial charge in [0.2, 0.25) is 0 Å². The molecule has 11 heteroatoms. The molecule has 0 aromatic heterocycles. The molecule has 0 saturated carbocycles. The number of unbranched alkanes of at least 4 members (excludes halogenated alkanes) is 18. The number of carbonyl (C=O) groups excluding carboxylic acids is 2. The molecule has 0 aliphatic rings. The second-order valence-corrected chi connectivity index (χ2v) is 14.4. The van der Waals surface area contributed by atoms with Crippen molar-refractivity contribution in [1.82, 2.24) is 0 Å². The van der Waals surface area contributed by atoms with Gasteiger partial charge in [-0.25, -0.2) is 4.57 Å². The minimum atomic E-state index is -4.60. The second-order valence-electron chi connectivity index (χ2n) is 13.0. The van der Waals surface area contributed by atoms with Gasteiger partial charge in [0.05, 0.1) is 19.8 Å². The molecule has 0 aromatic rings. The first-order chi connectivity index (χ1) is 23.7. The van der Waals surface area contributed by atoms with Crippen LogP contribution in [0.3, 0.4) is 0 Å². The molecule has 0 aliphatic carbocycles. The maximum Gasteiger partial charge on any atom is 0.472 e. The van der Waals surface area contributed by atoms with E-state index in [1.54, 1.807) is 0 Å². The van der Waals surface area contributed by atoms with Crippen LogP contribution in [0.1, 0.15) is 168 Å². The van der Waals surface area contributed by atoms with E-state index in [0.29, 0.717) is 12.8 Å².